The molecule has 0 aliphatic heterocycles. The van der Waals surface area contributed by atoms with E-state index in [-0.39, 0.29) is 22.4 Å². The largest absolute Gasteiger partial charge is 0.474 e. The first-order valence-corrected chi connectivity index (χ1v) is 8.03. The van der Waals surface area contributed by atoms with Crippen molar-refractivity contribution in [3.63, 3.8) is 0 Å². The number of ether oxygens (including phenoxy) is 1. The van der Waals surface area contributed by atoms with E-state index in [0.29, 0.717) is 31.0 Å². The van der Waals surface area contributed by atoms with Crippen LogP contribution in [0.1, 0.15) is 23.8 Å². The van der Waals surface area contributed by atoms with Crippen molar-refractivity contribution in [1.29, 1.82) is 0 Å². The molecule has 0 aliphatic rings. The van der Waals surface area contributed by atoms with Crippen LogP contribution < -0.4 is 10.5 Å². The summed E-state index contributed by atoms with van der Waals surface area (Å²) in [5.41, 5.74) is 6.42. The van der Waals surface area contributed by atoms with Gasteiger partial charge in [0.05, 0.1) is 17.3 Å². The molecule has 3 N–H and O–H groups in total. The number of aromatic nitrogens is 5. The van der Waals surface area contributed by atoms with Crippen LogP contribution in [0, 0.1) is 12.7 Å². The maximum Gasteiger partial charge on any atom is 0.287 e. The van der Waals surface area contributed by atoms with Crippen LogP contribution >= 0.6 is 11.6 Å². The van der Waals surface area contributed by atoms with Crippen LogP contribution in [0.5, 0.6) is 5.88 Å². The molecular weight excluding hydrogens is 365 g/mol. The fourth-order valence-corrected chi connectivity index (χ4v) is 2.25. The first kappa shape index (κ1) is 17.8. The van der Waals surface area contributed by atoms with Crippen LogP contribution in [0.3, 0.4) is 0 Å². The minimum Gasteiger partial charge on any atom is -0.474 e. The maximum atomic E-state index is 13.2. The van der Waals surface area contributed by atoms with Crippen molar-refractivity contribution in [2.24, 2.45) is 10.7 Å². The minimum absolute atomic E-state index is 0.00789. The van der Waals surface area contributed by atoms with Crippen molar-refractivity contribution >= 4 is 23.1 Å². The van der Waals surface area contributed by atoms with E-state index < -0.39 is 5.82 Å². The molecule has 136 valence electrons. The molecular formula is C15H15ClFN7O2. The fourth-order valence-electron chi connectivity index (χ4n) is 2.08. The topological polar surface area (TPSA) is 128 Å². The molecule has 0 saturated heterocycles. The van der Waals surface area contributed by atoms with Gasteiger partial charge >= 0.3 is 0 Å². The Morgan fingerprint density at radius 1 is 1.42 bits per heavy atom. The zero-order valence-electron chi connectivity index (χ0n) is 13.7. The summed E-state index contributed by atoms with van der Waals surface area (Å²) in [6.45, 7) is 2.17. The van der Waals surface area contributed by atoms with E-state index in [9.17, 15) is 4.39 Å². The second-order valence-corrected chi connectivity index (χ2v) is 5.71. The van der Waals surface area contributed by atoms with Gasteiger partial charge in [-0.2, -0.15) is 5.10 Å². The van der Waals surface area contributed by atoms with E-state index in [0.717, 1.165) is 5.82 Å². The van der Waals surface area contributed by atoms with Gasteiger partial charge in [0.15, 0.2) is 11.7 Å². The molecule has 0 amide bonds. The first-order chi connectivity index (χ1) is 12.5. The Labute approximate surface area is 152 Å². The van der Waals surface area contributed by atoms with Gasteiger partial charge in [0.25, 0.3) is 5.88 Å². The lowest BCUT2D eigenvalue weighted by Gasteiger charge is -2.03. The number of nitrogens with one attached hydrogen (secondary N) is 1. The summed E-state index contributed by atoms with van der Waals surface area (Å²) in [6, 6.07) is 3.97. The van der Waals surface area contributed by atoms with Crippen molar-refractivity contribution in [3.05, 3.63) is 46.4 Å². The van der Waals surface area contributed by atoms with Gasteiger partial charge in [-0.05, 0) is 41.9 Å². The van der Waals surface area contributed by atoms with Gasteiger partial charge in [0, 0.05) is 6.42 Å². The highest BCUT2D eigenvalue weighted by atomic mass is 35.5. The Hall–Kier alpha value is -3.01. The normalized spacial score (nSPS) is 11.7. The maximum absolute atomic E-state index is 13.2. The number of rotatable bonds is 7. The van der Waals surface area contributed by atoms with Crippen LogP contribution in [0.25, 0.3) is 0 Å². The summed E-state index contributed by atoms with van der Waals surface area (Å²) < 4.78 is 23.4. The predicted molar refractivity (Wildman–Crippen MR) is 91.0 cm³/mol. The molecule has 0 atom stereocenters. The fraction of sp³-hybridized carbons (Fsp3) is 0.267. The van der Waals surface area contributed by atoms with Gasteiger partial charge in [-0.15, -0.1) is 0 Å². The second kappa shape index (κ2) is 7.91. The molecule has 1 aromatic carbocycles. The minimum atomic E-state index is -0.544. The van der Waals surface area contributed by atoms with Crippen LogP contribution in [-0.2, 0) is 6.42 Å². The number of halogens is 2. The number of nitrogens with zero attached hydrogens (tertiary/aromatic N) is 5. The van der Waals surface area contributed by atoms with Gasteiger partial charge in [-0.3, -0.25) is 5.10 Å². The Kier molecular flexibility index (Phi) is 5.42. The molecule has 0 fully saturated rings. The van der Waals surface area contributed by atoms with Crippen molar-refractivity contribution in [2.75, 3.05) is 6.61 Å². The molecule has 3 aromatic rings. The van der Waals surface area contributed by atoms with E-state index in [1.165, 1.54) is 18.2 Å². The van der Waals surface area contributed by atoms with Gasteiger partial charge in [-0.1, -0.05) is 11.6 Å². The zero-order valence-corrected chi connectivity index (χ0v) is 14.5. The number of aliphatic imine (C=N–C) groups is 1. The number of nitrogens with two attached hydrogens (primary N) is 1. The molecule has 0 bridgehead atoms. The SMILES string of the molecule is Cc1nc(CCCOc2nonc2C(N)=Nc2ccc(F)c(Cl)c2)n[nH]1. The summed E-state index contributed by atoms with van der Waals surface area (Å²) in [6.07, 6.45) is 1.30. The standard InChI is InChI=1S/C15H15ClFN7O2/c1-8-19-12(22-21-8)3-2-6-25-15-13(23-26-24-15)14(18)20-9-4-5-11(17)10(16)7-9/h4-5,7H,2-3,6H2,1H3,(H2,18,20)(H,19,21,22). The number of hydrogen-bond donors (Lipinski definition) is 2. The Morgan fingerprint density at radius 3 is 3.00 bits per heavy atom. The van der Waals surface area contributed by atoms with Crippen molar-refractivity contribution in [3.8, 4) is 5.88 Å². The van der Waals surface area contributed by atoms with E-state index in [1.54, 1.807) is 0 Å². The molecule has 26 heavy (non-hydrogen) atoms. The third kappa shape index (κ3) is 4.33. The van der Waals surface area contributed by atoms with Crippen LogP contribution in [0.2, 0.25) is 5.02 Å². The lowest BCUT2D eigenvalue weighted by atomic mass is 10.3. The van der Waals surface area contributed by atoms with Gasteiger partial charge in [-0.25, -0.2) is 19.0 Å². The summed E-state index contributed by atoms with van der Waals surface area (Å²) in [5, 5.41) is 14.1. The predicted octanol–water partition coefficient (Wildman–Crippen LogP) is 2.34. The van der Waals surface area contributed by atoms with Crippen molar-refractivity contribution in [1.82, 2.24) is 25.5 Å². The number of benzene rings is 1. The van der Waals surface area contributed by atoms with Crippen LogP contribution in [0.4, 0.5) is 10.1 Å². The number of aryl methyl sites for hydroxylation is 2. The highest BCUT2D eigenvalue weighted by molar-refractivity contribution is 6.31. The molecule has 0 radical (unpaired) electrons. The number of hydrogen-bond acceptors (Lipinski definition) is 7. The smallest absolute Gasteiger partial charge is 0.287 e. The van der Waals surface area contributed by atoms with Crippen molar-refractivity contribution < 1.29 is 13.8 Å². The lowest BCUT2D eigenvalue weighted by Crippen LogP contribution is -2.15. The van der Waals surface area contributed by atoms with Crippen LogP contribution in [-0.4, -0.2) is 37.9 Å². The first-order valence-electron chi connectivity index (χ1n) is 7.66. The zero-order chi connectivity index (χ0) is 18.5. The summed E-state index contributed by atoms with van der Waals surface area (Å²) in [4.78, 5) is 8.33. The van der Waals surface area contributed by atoms with Crippen molar-refractivity contribution in [2.45, 2.75) is 19.8 Å². The van der Waals surface area contributed by atoms with Gasteiger partial charge in [0.2, 0.25) is 5.69 Å². The molecule has 0 unspecified atom stereocenters. The number of H-pyrrole nitrogens is 1. The highest BCUT2D eigenvalue weighted by Gasteiger charge is 2.16. The molecule has 9 nitrogen and oxygen atoms in total. The average molecular weight is 380 g/mol. The summed E-state index contributed by atoms with van der Waals surface area (Å²) in [5.74, 6) is 1.05. The number of aromatic amines is 1. The number of amidine groups is 1. The van der Waals surface area contributed by atoms with E-state index in [4.69, 9.17) is 22.1 Å². The summed E-state index contributed by atoms with van der Waals surface area (Å²) in [7, 11) is 0. The third-order valence-electron chi connectivity index (χ3n) is 3.28. The quantitative estimate of drug-likeness (QED) is 0.366. The highest BCUT2D eigenvalue weighted by Crippen LogP contribution is 2.22. The molecule has 0 spiro atoms. The second-order valence-electron chi connectivity index (χ2n) is 5.30. The lowest BCUT2D eigenvalue weighted by molar-refractivity contribution is 0.252. The third-order valence-corrected chi connectivity index (χ3v) is 3.57. The average Bonchev–Trinajstić information content (AvgIpc) is 3.24. The van der Waals surface area contributed by atoms with Gasteiger partial charge in [0.1, 0.15) is 11.6 Å². The molecule has 0 aliphatic carbocycles. The van der Waals surface area contributed by atoms with Gasteiger partial charge < -0.3 is 10.5 Å². The molecule has 0 saturated carbocycles. The van der Waals surface area contributed by atoms with Crippen LogP contribution in [0.15, 0.2) is 27.8 Å². The Bertz CT molecular complexity index is 924. The molecule has 2 aromatic heterocycles. The molecule has 3 rings (SSSR count). The van der Waals surface area contributed by atoms with E-state index in [1.807, 2.05) is 6.92 Å². The molecule has 11 heteroatoms. The Morgan fingerprint density at radius 2 is 2.27 bits per heavy atom. The summed E-state index contributed by atoms with van der Waals surface area (Å²) >= 11 is 5.72. The molecule has 2 heterocycles. The monoisotopic (exact) mass is 379 g/mol. The Balaban J connectivity index is 1.61. The van der Waals surface area contributed by atoms with E-state index >= 15 is 0 Å². The van der Waals surface area contributed by atoms with E-state index in [2.05, 4.69) is 35.1 Å².